The summed E-state index contributed by atoms with van der Waals surface area (Å²) in [7, 11) is 4.35. The molecule has 0 heterocycles. The molecule has 0 saturated heterocycles. The minimum atomic E-state index is -0.919. The van der Waals surface area contributed by atoms with Gasteiger partial charge in [0.2, 0.25) is 0 Å². The van der Waals surface area contributed by atoms with E-state index in [4.69, 9.17) is 18.9 Å². The van der Waals surface area contributed by atoms with Gasteiger partial charge in [0.05, 0.1) is 32.3 Å². The second-order valence-corrected chi connectivity index (χ2v) is 6.11. The van der Waals surface area contributed by atoms with Crippen LogP contribution in [0.2, 0.25) is 0 Å². The number of hydrogen-bond acceptors (Lipinski definition) is 8. The lowest BCUT2D eigenvalue weighted by atomic mass is 10.1. The van der Waals surface area contributed by atoms with Gasteiger partial charge in [-0.1, -0.05) is 0 Å². The van der Waals surface area contributed by atoms with Gasteiger partial charge in [0.15, 0.2) is 6.61 Å². The van der Waals surface area contributed by atoms with Crippen molar-refractivity contribution >= 4 is 17.6 Å². The Morgan fingerprint density at radius 3 is 2.30 bits per heavy atom. The third-order valence-corrected chi connectivity index (χ3v) is 4.23. The first-order valence-corrected chi connectivity index (χ1v) is 8.81. The highest BCUT2D eigenvalue weighted by molar-refractivity contribution is 5.94. The summed E-state index contributed by atoms with van der Waals surface area (Å²) in [6, 6.07) is 8.22. The van der Waals surface area contributed by atoms with Crippen molar-refractivity contribution in [2.45, 2.75) is 13.0 Å². The Bertz CT molecular complexity index is 944. The van der Waals surface area contributed by atoms with Gasteiger partial charge in [-0.3, -0.25) is 14.9 Å². The van der Waals surface area contributed by atoms with Gasteiger partial charge >= 0.3 is 5.97 Å². The molecule has 0 aliphatic heterocycles. The van der Waals surface area contributed by atoms with Crippen molar-refractivity contribution in [3.05, 3.63) is 57.6 Å². The maximum absolute atomic E-state index is 12.3. The van der Waals surface area contributed by atoms with Crippen LogP contribution in [-0.2, 0) is 9.53 Å². The molecule has 0 unspecified atom stereocenters. The Morgan fingerprint density at radius 2 is 1.70 bits per heavy atom. The molecule has 160 valence electrons. The fraction of sp³-hybridized carbons (Fsp3) is 0.300. The molecular formula is C20H22N2O8. The number of nitrogens with zero attached hydrogens (tertiary/aromatic N) is 1. The zero-order chi connectivity index (χ0) is 22.3. The topological polar surface area (TPSA) is 126 Å². The van der Waals surface area contributed by atoms with Crippen molar-refractivity contribution in [2.75, 3.05) is 27.9 Å². The van der Waals surface area contributed by atoms with Crippen LogP contribution in [0, 0.1) is 10.1 Å². The van der Waals surface area contributed by atoms with Gasteiger partial charge < -0.3 is 24.3 Å². The fourth-order valence-electron chi connectivity index (χ4n) is 2.72. The van der Waals surface area contributed by atoms with Crippen LogP contribution in [0.4, 0.5) is 5.69 Å². The van der Waals surface area contributed by atoms with Crippen molar-refractivity contribution < 1.29 is 33.5 Å². The van der Waals surface area contributed by atoms with Crippen LogP contribution in [0.1, 0.15) is 28.9 Å². The second-order valence-electron chi connectivity index (χ2n) is 6.11. The number of nitrogens with one attached hydrogen (secondary N) is 1. The highest BCUT2D eigenvalue weighted by Gasteiger charge is 2.21. The predicted molar refractivity (Wildman–Crippen MR) is 106 cm³/mol. The Hall–Kier alpha value is -3.82. The van der Waals surface area contributed by atoms with Crippen molar-refractivity contribution in [3.8, 4) is 17.2 Å². The number of benzene rings is 2. The zero-order valence-corrected chi connectivity index (χ0v) is 17.0. The number of non-ortho nitro benzene ring substituents is 1. The monoisotopic (exact) mass is 418 g/mol. The van der Waals surface area contributed by atoms with Gasteiger partial charge in [-0.2, -0.15) is 0 Å². The van der Waals surface area contributed by atoms with E-state index in [2.05, 4.69) is 5.32 Å². The van der Waals surface area contributed by atoms with Gasteiger partial charge in [-0.05, 0) is 31.2 Å². The minimum absolute atomic E-state index is 0.0977. The van der Waals surface area contributed by atoms with Crippen molar-refractivity contribution in [2.24, 2.45) is 0 Å². The summed E-state index contributed by atoms with van der Waals surface area (Å²) in [5, 5.41) is 13.6. The first-order chi connectivity index (χ1) is 14.3. The second kappa shape index (κ2) is 10.1. The summed E-state index contributed by atoms with van der Waals surface area (Å²) in [4.78, 5) is 34.8. The fourth-order valence-corrected chi connectivity index (χ4v) is 2.72. The van der Waals surface area contributed by atoms with Crippen LogP contribution in [0.5, 0.6) is 17.2 Å². The van der Waals surface area contributed by atoms with E-state index >= 15 is 0 Å². The molecule has 0 radical (unpaired) electrons. The molecule has 0 spiro atoms. The highest BCUT2D eigenvalue weighted by atomic mass is 16.6. The van der Waals surface area contributed by atoms with Crippen LogP contribution < -0.4 is 19.5 Å². The number of carbonyl (C=O) groups excluding carboxylic acids is 2. The predicted octanol–water partition coefficient (Wildman–Crippen LogP) is 2.65. The van der Waals surface area contributed by atoms with E-state index in [-0.39, 0.29) is 17.0 Å². The Labute approximate surface area is 172 Å². The molecule has 2 rings (SSSR count). The molecule has 1 N–H and O–H groups in total. The molecule has 10 heteroatoms. The van der Waals surface area contributed by atoms with E-state index in [1.54, 1.807) is 25.1 Å². The van der Waals surface area contributed by atoms with Crippen LogP contribution >= 0.6 is 0 Å². The molecule has 2 aromatic rings. The SMILES string of the molecule is COc1ccc(OC)c([C@H](C)NC(=O)COC(=O)c2cc([N+](=O)[O-])ccc2OC)c1. The van der Waals surface area contributed by atoms with Crippen LogP contribution in [0.3, 0.4) is 0 Å². The van der Waals surface area contributed by atoms with Crippen molar-refractivity contribution in [1.82, 2.24) is 5.32 Å². The van der Waals surface area contributed by atoms with Crippen molar-refractivity contribution in [3.63, 3.8) is 0 Å². The van der Waals surface area contributed by atoms with E-state index in [1.165, 1.54) is 33.5 Å². The largest absolute Gasteiger partial charge is 0.497 e. The molecular weight excluding hydrogens is 396 g/mol. The number of nitro benzene ring substituents is 1. The lowest BCUT2D eigenvalue weighted by molar-refractivity contribution is -0.384. The van der Waals surface area contributed by atoms with E-state index in [0.717, 1.165) is 6.07 Å². The molecule has 10 nitrogen and oxygen atoms in total. The van der Waals surface area contributed by atoms with E-state index < -0.39 is 29.4 Å². The number of rotatable bonds is 9. The quantitative estimate of drug-likeness (QED) is 0.374. The lowest BCUT2D eigenvalue weighted by Crippen LogP contribution is -2.31. The maximum Gasteiger partial charge on any atom is 0.342 e. The number of nitro groups is 1. The van der Waals surface area contributed by atoms with E-state index in [0.29, 0.717) is 17.1 Å². The van der Waals surface area contributed by atoms with E-state index in [9.17, 15) is 19.7 Å². The number of hydrogen-bond donors (Lipinski definition) is 1. The maximum atomic E-state index is 12.3. The third-order valence-electron chi connectivity index (χ3n) is 4.23. The number of ether oxygens (including phenoxy) is 4. The van der Waals surface area contributed by atoms with Gasteiger partial charge in [0, 0.05) is 17.7 Å². The summed E-state index contributed by atoms with van der Waals surface area (Å²) in [6.45, 7) is 1.15. The Balaban J connectivity index is 2.05. The van der Waals surface area contributed by atoms with E-state index in [1.807, 2.05) is 0 Å². The lowest BCUT2D eigenvalue weighted by Gasteiger charge is -2.18. The third kappa shape index (κ3) is 5.37. The van der Waals surface area contributed by atoms with Gasteiger partial charge in [0.25, 0.3) is 11.6 Å². The number of methoxy groups -OCH3 is 3. The summed E-state index contributed by atoms with van der Waals surface area (Å²) < 4.78 is 20.5. The summed E-state index contributed by atoms with van der Waals surface area (Å²) in [6.07, 6.45) is 0. The Morgan fingerprint density at radius 1 is 1.03 bits per heavy atom. The normalized spacial score (nSPS) is 11.2. The summed E-state index contributed by atoms with van der Waals surface area (Å²) in [5.74, 6) is -0.235. The number of carbonyl (C=O) groups is 2. The van der Waals surface area contributed by atoms with Crippen LogP contribution in [-0.4, -0.2) is 44.7 Å². The molecule has 30 heavy (non-hydrogen) atoms. The summed E-state index contributed by atoms with van der Waals surface area (Å²) >= 11 is 0. The average Bonchev–Trinajstić information content (AvgIpc) is 2.76. The van der Waals surface area contributed by atoms with Crippen molar-refractivity contribution in [1.29, 1.82) is 0 Å². The molecule has 0 saturated carbocycles. The Kier molecular flexibility index (Phi) is 7.56. The van der Waals surface area contributed by atoms with Crippen LogP contribution in [0.25, 0.3) is 0 Å². The highest BCUT2D eigenvalue weighted by Crippen LogP contribution is 2.29. The molecule has 1 atom stereocenters. The molecule has 0 fully saturated rings. The first kappa shape index (κ1) is 22.5. The smallest absolute Gasteiger partial charge is 0.342 e. The van der Waals surface area contributed by atoms with Crippen LogP contribution in [0.15, 0.2) is 36.4 Å². The number of esters is 1. The van der Waals surface area contributed by atoms with Gasteiger partial charge in [0.1, 0.15) is 22.8 Å². The first-order valence-electron chi connectivity index (χ1n) is 8.81. The standard InChI is InChI=1S/C20H22N2O8/c1-12(15-10-14(27-2)6-8-17(15)28-3)21-19(23)11-30-20(24)16-9-13(22(25)26)5-7-18(16)29-4/h5-10,12H,11H2,1-4H3,(H,21,23)/t12-/m0/s1. The molecule has 0 aliphatic rings. The molecule has 0 bridgehead atoms. The van der Waals surface area contributed by atoms with Gasteiger partial charge in [-0.25, -0.2) is 4.79 Å². The molecule has 0 aliphatic carbocycles. The zero-order valence-electron chi connectivity index (χ0n) is 17.0. The summed E-state index contributed by atoms with van der Waals surface area (Å²) in [5.41, 5.74) is 0.227. The average molecular weight is 418 g/mol. The number of amides is 1. The molecule has 2 aromatic carbocycles. The van der Waals surface area contributed by atoms with Gasteiger partial charge in [-0.15, -0.1) is 0 Å². The molecule has 0 aromatic heterocycles. The molecule has 1 amide bonds. The minimum Gasteiger partial charge on any atom is -0.497 e.